The molecule has 1 N–H and O–H groups in total. The maximum atomic E-state index is 12.9. The highest BCUT2D eigenvalue weighted by atomic mass is 16.2. The summed E-state index contributed by atoms with van der Waals surface area (Å²) in [5, 5.41) is 2.88. The van der Waals surface area contributed by atoms with E-state index in [0.29, 0.717) is 17.7 Å². The molecule has 3 amide bonds. The summed E-state index contributed by atoms with van der Waals surface area (Å²) in [6, 6.07) is 17.9. The number of hydrogen-bond donors (Lipinski definition) is 1. The molecule has 2 aromatic carbocycles. The highest BCUT2D eigenvalue weighted by Crippen LogP contribution is 2.26. The molecule has 0 spiro atoms. The first-order chi connectivity index (χ1) is 17.0. The van der Waals surface area contributed by atoms with E-state index in [1.807, 2.05) is 42.5 Å². The van der Waals surface area contributed by atoms with Gasteiger partial charge < -0.3 is 15.1 Å². The number of nitrogens with one attached hydrogen (secondary N) is 1. The van der Waals surface area contributed by atoms with Gasteiger partial charge in [0, 0.05) is 44.5 Å². The van der Waals surface area contributed by atoms with Crippen LogP contribution in [0.1, 0.15) is 42.2 Å². The van der Waals surface area contributed by atoms with Crippen LogP contribution in [0.2, 0.25) is 0 Å². The molecule has 178 valence electrons. The number of imide groups is 1. The van der Waals surface area contributed by atoms with Crippen molar-refractivity contribution in [2.45, 2.75) is 13.1 Å². The van der Waals surface area contributed by atoms with Gasteiger partial charge in [-0.05, 0) is 42.4 Å². The fourth-order valence-corrected chi connectivity index (χ4v) is 4.37. The van der Waals surface area contributed by atoms with Crippen molar-refractivity contribution in [1.82, 2.24) is 20.1 Å². The van der Waals surface area contributed by atoms with Crippen molar-refractivity contribution in [3.8, 4) is 0 Å². The number of amides is 3. The van der Waals surface area contributed by atoms with E-state index in [0.717, 1.165) is 43.1 Å². The Hall–Kier alpha value is -4.04. The highest BCUT2D eigenvalue weighted by Gasteiger charge is 2.36. The summed E-state index contributed by atoms with van der Waals surface area (Å²) in [7, 11) is 2.12. The maximum Gasteiger partial charge on any atom is 0.261 e. The number of carbonyl (C=O) groups excluding carboxylic acids is 3. The summed E-state index contributed by atoms with van der Waals surface area (Å²) < 4.78 is 0. The van der Waals surface area contributed by atoms with E-state index >= 15 is 0 Å². The lowest BCUT2D eigenvalue weighted by atomic mass is 10.1. The lowest BCUT2D eigenvalue weighted by molar-refractivity contribution is 0.0642. The second kappa shape index (κ2) is 9.68. The average Bonchev–Trinajstić information content (AvgIpc) is 3.13. The SMILES string of the molecule is CN1CCN(c2ccc(CNC(=O)c3ccc4c(c3)C(=O)N(Cc3ccccc3)C4=O)cn2)CC1. The fraction of sp³-hybridized carbons (Fsp3) is 0.259. The largest absolute Gasteiger partial charge is 0.354 e. The van der Waals surface area contributed by atoms with Gasteiger partial charge in [-0.25, -0.2) is 4.98 Å². The van der Waals surface area contributed by atoms with Gasteiger partial charge in [0.2, 0.25) is 0 Å². The van der Waals surface area contributed by atoms with Crippen LogP contribution in [-0.4, -0.2) is 65.7 Å². The normalized spacial score (nSPS) is 15.9. The van der Waals surface area contributed by atoms with Gasteiger partial charge in [-0.15, -0.1) is 0 Å². The van der Waals surface area contributed by atoms with Crippen LogP contribution in [0.5, 0.6) is 0 Å². The molecule has 5 rings (SSSR count). The van der Waals surface area contributed by atoms with Gasteiger partial charge in [0.15, 0.2) is 0 Å². The van der Waals surface area contributed by atoms with E-state index in [2.05, 4.69) is 27.1 Å². The van der Waals surface area contributed by atoms with Crippen LogP contribution in [0.15, 0.2) is 66.9 Å². The van der Waals surface area contributed by atoms with E-state index in [4.69, 9.17) is 0 Å². The monoisotopic (exact) mass is 469 g/mol. The minimum atomic E-state index is -0.382. The molecule has 0 bridgehead atoms. The Morgan fingerprint density at radius 3 is 2.34 bits per heavy atom. The van der Waals surface area contributed by atoms with Gasteiger partial charge in [-0.2, -0.15) is 0 Å². The topological polar surface area (TPSA) is 85.9 Å². The van der Waals surface area contributed by atoms with Crippen molar-refractivity contribution in [1.29, 1.82) is 0 Å². The van der Waals surface area contributed by atoms with Gasteiger partial charge in [0.1, 0.15) is 5.82 Å². The molecule has 0 atom stereocenters. The lowest BCUT2D eigenvalue weighted by Gasteiger charge is -2.33. The van der Waals surface area contributed by atoms with Crippen molar-refractivity contribution in [3.63, 3.8) is 0 Å². The molecule has 1 fully saturated rings. The summed E-state index contributed by atoms with van der Waals surface area (Å²) >= 11 is 0. The standard InChI is InChI=1S/C27H27N5O3/c1-30-11-13-31(14-12-30)24-10-7-20(16-28-24)17-29-25(33)21-8-9-22-23(15-21)27(35)32(26(22)34)18-19-5-3-2-4-6-19/h2-10,15-16H,11-14,17-18H2,1H3,(H,29,33). The molecule has 0 aliphatic carbocycles. The lowest BCUT2D eigenvalue weighted by Crippen LogP contribution is -2.44. The van der Waals surface area contributed by atoms with Crippen molar-refractivity contribution in [2.75, 3.05) is 38.1 Å². The van der Waals surface area contributed by atoms with Gasteiger partial charge in [-0.3, -0.25) is 19.3 Å². The van der Waals surface area contributed by atoms with E-state index in [-0.39, 0.29) is 29.8 Å². The van der Waals surface area contributed by atoms with Crippen molar-refractivity contribution in [3.05, 3.63) is 94.7 Å². The molecule has 8 nitrogen and oxygen atoms in total. The molecular weight excluding hydrogens is 442 g/mol. The predicted molar refractivity (Wildman–Crippen MR) is 132 cm³/mol. The number of fused-ring (bicyclic) bond motifs is 1. The van der Waals surface area contributed by atoms with Crippen molar-refractivity contribution < 1.29 is 14.4 Å². The second-order valence-corrected chi connectivity index (χ2v) is 8.94. The van der Waals surface area contributed by atoms with Crippen LogP contribution in [0.3, 0.4) is 0 Å². The van der Waals surface area contributed by atoms with Gasteiger partial charge >= 0.3 is 0 Å². The van der Waals surface area contributed by atoms with E-state index in [1.165, 1.54) is 11.0 Å². The molecule has 2 aliphatic heterocycles. The molecule has 1 saturated heterocycles. The van der Waals surface area contributed by atoms with E-state index in [1.54, 1.807) is 18.3 Å². The van der Waals surface area contributed by atoms with Crippen LogP contribution < -0.4 is 10.2 Å². The Kier molecular flexibility index (Phi) is 6.29. The van der Waals surface area contributed by atoms with Crippen LogP contribution in [0.25, 0.3) is 0 Å². The molecule has 0 radical (unpaired) electrons. The number of hydrogen-bond acceptors (Lipinski definition) is 6. The molecule has 2 aliphatic rings. The molecular formula is C27H27N5O3. The molecule has 0 unspecified atom stereocenters. The smallest absolute Gasteiger partial charge is 0.261 e. The van der Waals surface area contributed by atoms with Crippen LogP contribution in [0, 0.1) is 0 Å². The minimum absolute atomic E-state index is 0.200. The van der Waals surface area contributed by atoms with Crippen LogP contribution >= 0.6 is 0 Å². The zero-order chi connectivity index (χ0) is 24.4. The maximum absolute atomic E-state index is 12.9. The van der Waals surface area contributed by atoms with Crippen molar-refractivity contribution >= 4 is 23.5 Å². The highest BCUT2D eigenvalue weighted by molar-refractivity contribution is 6.22. The van der Waals surface area contributed by atoms with Crippen LogP contribution in [-0.2, 0) is 13.1 Å². The summed E-state index contributed by atoms with van der Waals surface area (Å²) in [6.45, 7) is 4.44. The van der Waals surface area contributed by atoms with E-state index < -0.39 is 0 Å². The molecule has 3 aromatic rings. The van der Waals surface area contributed by atoms with Gasteiger partial charge in [-0.1, -0.05) is 36.4 Å². The molecule has 1 aromatic heterocycles. The third-order valence-corrected chi connectivity index (χ3v) is 6.51. The van der Waals surface area contributed by atoms with Crippen LogP contribution in [0.4, 0.5) is 5.82 Å². The number of benzene rings is 2. The molecule has 35 heavy (non-hydrogen) atoms. The van der Waals surface area contributed by atoms with E-state index in [9.17, 15) is 14.4 Å². The average molecular weight is 470 g/mol. The minimum Gasteiger partial charge on any atom is -0.354 e. The van der Waals surface area contributed by atoms with Crippen molar-refractivity contribution in [2.24, 2.45) is 0 Å². The molecule has 0 saturated carbocycles. The third kappa shape index (κ3) is 4.79. The number of aromatic nitrogens is 1. The number of pyridine rings is 1. The number of anilines is 1. The summed E-state index contributed by atoms with van der Waals surface area (Å²) in [5.41, 5.74) is 2.68. The number of likely N-dealkylation sites (N-methyl/N-ethyl adjacent to an activating group) is 1. The number of piperazine rings is 1. The Balaban J connectivity index is 1.21. The zero-order valence-corrected chi connectivity index (χ0v) is 19.6. The summed E-state index contributed by atoms with van der Waals surface area (Å²) in [4.78, 5) is 48.8. The Morgan fingerprint density at radius 1 is 0.886 bits per heavy atom. The Morgan fingerprint density at radius 2 is 1.63 bits per heavy atom. The second-order valence-electron chi connectivity index (χ2n) is 8.94. The first-order valence-electron chi connectivity index (χ1n) is 11.7. The fourth-order valence-electron chi connectivity index (χ4n) is 4.37. The number of nitrogens with zero attached hydrogens (tertiary/aromatic N) is 4. The number of rotatable bonds is 6. The Labute approximate surface area is 204 Å². The quantitative estimate of drug-likeness (QED) is 0.559. The van der Waals surface area contributed by atoms with Gasteiger partial charge in [0.25, 0.3) is 17.7 Å². The number of carbonyl (C=O) groups is 3. The first-order valence-corrected chi connectivity index (χ1v) is 11.7. The predicted octanol–water partition coefficient (Wildman–Crippen LogP) is 2.56. The van der Waals surface area contributed by atoms with Gasteiger partial charge in [0.05, 0.1) is 17.7 Å². The molecule has 3 heterocycles. The first kappa shape index (κ1) is 22.7. The summed E-state index contributed by atoms with van der Waals surface area (Å²) in [6.07, 6.45) is 1.78. The zero-order valence-electron chi connectivity index (χ0n) is 19.6. The third-order valence-electron chi connectivity index (χ3n) is 6.51. The summed E-state index contributed by atoms with van der Waals surface area (Å²) in [5.74, 6) is -0.0905. The molecule has 8 heteroatoms. The Bertz CT molecular complexity index is 1250.